The molecule has 13 heavy (non-hydrogen) atoms. The molecule has 0 aliphatic heterocycles. The summed E-state index contributed by atoms with van der Waals surface area (Å²) < 4.78 is 2.00. The molecule has 0 aliphatic carbocycles. The monoisotopic (exact) mass is 179 g/mol. The first-order valence-corrected chi connectivity index (χ1v) is 4.55. The van der Waals surface area contributed by atoms with Crippen LogP contribution in [0.25, 0.3) is 0 Å². The maximum atomic E-state index is 10.8. The fourth-order valence-electron chi connectivity index (χ4n) is 1.03. The Bertz CT molecular complexity index is 248. The number of aryl methyl sites for hydroxylation is 1. The Balaban J connectivity index is 2.05. The first-order valence-electron chi connectivity index (χ1n) is 4.55. The molecule has 0 spiro atoms. The Morgan fingerprint density at radius 3 is 3.08 bits per heavy atom. The lowest BCUT2D eigenvalue weighted by atomic mass is 10.1. The molecule has 5 heteroatoms. The summed E-state index contributed by atoms with van der Waals surface area (Å²) in [6.45, 7) is 1.65. The van der Waals surface area contributed by atoms with E-state index in [4.69, 9.17) is 0 Å². The Morgan fingerprint density at radius 1 is 1.62 bits per heavy atom. The fourth-order valence-corrected chi connectivity index (χ4v) is 1.03. The number of imidazole rings is 1. The predicted octanol–water partition coefficient (Wildman–Crippen LogP) is -0.559. The van der Waals surface area contributed by atoms with Crippen LogP contribution in [0.1, 0.15) is 6.42 Å². The topological polar surface area (TPSA) is 46.9 Å². The average Bonchev–Trinajstić information content (AvgIpc) is 2.64. The third kappa shape index (κ3) is 3.78. The van der Waals surface area contributed by atoms with Gasteiger partial charge >= 0.3 is 0 Å². The van der Waals surface area contributed by atoms with Gasteiger partial charge in [0.1, 0.15) is 7.85 Å². The van der Waals surface area contributed by atoms with Crippen molar-refractivity contribution < 1.29 is 4.79 Å². The van der Waals surface area contributed by atoms with Crippen molar-refractivity contribution in [3.63, 3.8) is 0 Å². The molecule has 1 N–H and O–H groups in total. The minimum atomic E-state index is 0.116. The number of carbonyl (C=O) groups excluding carboxylic acids is 1. The van der Waals surface area contributed by atoms with Gasteiger partial charge in [0.15, 0.2) is 0 Å². The zero-order chi connectivity index (χ0) is 9.52. The summed E-state index contributed by atoms with van der Waals surface area (Å²) in [6, 6.07) is 0. The predicted molar refractivity (Wildman–Crippen MR) is 53.2 cm³/mol. The van der Waals surface area contributed by atoms with E-state index < -0.39 is 0 Å². The van der Waals surface area contributed by atoms with Gasteiger partial charge in [-0.15, -0.1) is 0 Å². The Kier molecular flexibility index (Phi) is 4.08. The lowest BCUT2D eigenvalue weighted by molar-refractivity contribution is -0.118. The van der Waals surface area contributed by atoms with Crippen molar-refractivity contribution in [2.45, 2.75) is 19.3 Å². The quantitative estimate of drug-likeness (QED) is 0.486. The molecule has 0 unspecified atom stereocenters. The highest BCUT2D eigenvalue weighted by Crippen LogP contribution is 1.88. The molecule has 70 valence electrons. The number of amides is 1. The third-order valence-corrected chi connectivity index (χ3v) is 1.80. The Labute approximate surface area is 78.8 Å². The average molecular weight is 179 g/mol. The molecule has 1 rings (SSSR count). The summed E-state index contributed by atoms with van der Waals surface area (Å²) in [6.07, 6.45) is 6.96. The van der Waals surface area contributed by atoms with Gasteiger partial charge in [0.05, 0.1) is 6.33 Å². The van der Waals surface area contributed by atoms with Crippen molar-refractivity contribution in [1.29, 1.82) is 0 Å². The summed E-state index contributed by atoms with van der Waals surface area (Å²) in [5.41, 5.74) is 0. The van der Waals surface area contributed by atoms with E-state index in [1.165, 1.54) is 0 Å². The second kappa shape index (κ2) is 5.40. The molecule has 0 atom stereocenters. The minimum absolute atomic E-state index is 0.116. The van der Waals surface area contributed by atoms with Gasteiger partial charge in [0.2, 0.25) is 5.91 Å². The van der Waals surface area contributed by atoms with Crippen LogP contribution in [0.15, 0.2) is 18.7 Å². The molecule has 0 fully saturated rings. The van der Waals surface area contributed by atoms with E-state index in [0.717, 1.165) is 19.5 Å². The molecule has 0 saturated heterocycles. The summed E-state index contributed by atoms with van der Waals surface area (Å²) in [7, 11) is 1.85. The van der Waals surface area contributed by atoms with Crippen LogP contribution in [0.5, 0.6) is 0 Å². The van der Waals surface area contributed by atoms with Crippen LogP contribution >= 0.6 is 0 Å². The van der Waals surface area contributed by atoms with E-state index in [0.29, 0.717) is 6.32 Å². The number of rotatable bonds is 5. The van der Waals surface area contributed by atoms with E-state index in [2.05, 4.69) is 10.3 Å². The van der Waals surface area contributed by atoms with E-state index in [1.54, 1.807) is 12.5 Å². The summed E-state index contributed by atoms with van der Waals surface area (Å²) in [5, 5.41) is 2.82. The standard InChI is InChI=1S/C8H14BN3O/c9-6-8(13)11-2-1-4-12-5-3-10-7-12/h3,5,7H,1-2,4,6,9H2,(H,11,13). The van der Waals surface area contributed by atoms with Crippen LogP contribution in [0.3, 0.4) is 0 Å². The molecule has 0 aliphatic rings. The lowest BCUT2D eigenvalue weighted by Crippen LogP contribution is -2.24. The highest BCUT2D eigenvalue weighted by Gasteiger charge is 1.95. The van der Waals surface area contributed by atoms with Crippen LogP contribution in [0.2, 0.25) is 6.32 Å². The molecule has 4 nitrogen and oxygen atoms in total. The van der Waals surface area contributed by atoms with Crippen molar-refractivity contribution >= 4 is 13.8 Å². The lowest BCUT2D eigenvalue weighted by Gasteiger charge is -2.03. The number of nitrogens with zero attached hydrogens (tertiary/aromatic N) is 2. The van der Waals surface area contributed by atoms with Crippen molar-refractivity contribution in [3.05, 3.63) is 18.7 Å². The smallest absolute Gasteiger partial charge is 0.212 e. The van der Waals surface area contributed by atoms with Gasteiger partial charge in [-0.1, -0.05) is 0 Å². The summed E-state index contributed by atoms with van der Waals surface area (Å²) >= 11 is 0. The van der Waals surface area contributed by atoms with E-state index in [9.17, 15) is 4.79 Å². The minimum Gasteiger partial charge on any atom is -0.357 e. The van der Waals surface area contributed by atoms with Gasteiger partial charge in [-0.3, -0.25) is 4.79 Å². The molecule has 0 bridgehead atoms. The van der Waals surface area contributed by atoms with Crippen LogP contribution in [-0.4, -0.2) is 29.8 Å². The fraction of sp³-hybridized carbons (Fsp3) is 0.500. The van der Waals surface area contributed by atoms with Crippen molar-refractivity contribution in [2.24, 2.45) is 0 Å². The Hall–Kier alpha value is -1.26. The zero-order valence-electron chi connectivity index (χ0n) is 7.86. The number of aromatic nitrogens is 2. The second-order valence-corrected chi connectivity index (χ2v) is 2.86. The molecule has 1 aromatic heterocycles. The van der Waals surface area contributed by atoms with Gasteiger partial charge in [-0.25, -0.2) is 4.98 Å². The molecule has 1 heterocycles. The van der Waals surface area contributed by atoms with Crippen molar-refractivity contribution in [2.75, 3.05) is 6.54 Å². The number of hydrogen-bond acceptors (Lipinski definition) is 2. The van der Waals surface area contributed by atoms with Gasteiger partial charge in [-0.05, 0) is 12.7 Å². The third-order valence-electron chi connectivity index (χ3n) is 1.80. The van der Waals surface area contributed by atoms with Crippen LogP contribution in [0, 0.1) is 0 Å². The zero-order valence-corrected chi connectivity index (χ0v) is 7.86. The normalized spacial score (nSPS) is 9.85. The van der Waals surface area contributed by atoms with Crippen molar-refractivity contribution in [3.8, 4) is 0 Å². The molecule has 1 amide bonds. The highest BCUT2D eigenvalue weighted by atomic mass is 16.1. The first-order chi connectivity index (χ1) is 6.33. The second-order valence-electron chi connectivity index (χ2n) is 2.86. The molecule has 0 aromatic carbocycles. The van der Waals surface area contributed by atoms with Gasteiger partial charge < -0.3 is 9.88 Å². The summed E-state index contributed by atoms with van der Waals surface area (Å²) in [4.78, 5) is 14.8. The van der Waals surface area contributed by atoms with Gasteiger partial charge in [-0.2, -0.15) is 0 Å². The number of nitrogens with one attached hydrogen (secondary N) is 1. The number of hydrogen-bond donors (Lipinski definition) is 1. The molecule has 0 radical (unpaired) electrons. The van der Waals surface area contributed by atoms with E-state index >= 15 is 0 Å². The van der Waals surface area contributed by atoms with Crippen molar-refractivity contribution in [1.82, 2.24) is 14.9 Å². The molecule has 0 saturated carbocycles. The molecule has 1 aromatic rings. The van der Waals surface area contributed by atoms with Gasteiger partial charge in [0, 0.05) is 25.5 Å². The van der Waals surface area contributed by atoms with Crippen LogP contribution in [0.4, 0.5) is 0 Å². The molecular weight excluding hydrogens is 165 g/mol. The largest absolute Gasteiger partial charge is 0.357 e. The Morgan fingerprint density at radius 2 is 2.46 bits per heavy atom. The maximum absolute atomic E-state index is 10.8. The SMILES string of the molecule is BCC(=O)NCCCn1ccnc1. The van der Waals surface area contributed by atoms with E-state index in [-0.39, 0.29) is 5.91 Å². The molecular formula is C8H14BN3O. The highest BCUT2D eigenvalue weighted by molar-refractivity contribution is 6.19. The van der Waals surface area contributed by atoms with Crippen LogP contribution < -0.4 is 5.32 Å². The number of carbonyl (C=O) groups is 1. The van der Waals surface area contributed by atoms with E-state index in [1.807, 2.05) is 18.6 Å². The van der Waals surface area contributed by atoms with Gasteiger partial charge in [0.25, 0.3) is 0 Å². The first kappa shape index (κ1) is 9.83. The summed E-state index contributed by atoms with van der Waals surface area (Å²) in [5.74, 6) is 0.116. The van der Waals surface area contributed by atoms with Crippen LogP contribution in [-0.2, 0) is 11.3 Å². The maximum Gasteiger partial charge on any atom is 0.212 e.